The highest BCUT2D eigenvalue weighted by molar-refractivity contribution is 7.80. The number of hydrogen-bond acceptors (Lipinski definition) is 4. The lowest BCUT2D eigenvalue weighted by Gasteiger charge is -2.29. The molecule has 4 nitrogen and oxygen atoms in total. The fourth-order valence-corrected chi connectivity index (χ4v) is 4.66. The molecule has 2 aromatic rings. The van der Waals surface area contributed by atoms with Crippen molar-refractivity contribution in [1.29, 1.82) is 0 Å². The fraction of sp³-hybridized carbons (Fsp3) is 0.478. The average molecular weight is 433 g/mol. The van der Waals surface area contributed by atoms with Crippen LogP contribution in [0.3, 0.4) is 0 Å². The molecule has 1 N–H and O–H groups in total. The molecule has 0 aliphatic rings. The number of carbonyl (C=O) groups is 1. The molecular formula is C23H32N2O2S2. The van der Waals surface area contributed by atoms with E-state index in [-0.39, 0.29) is 5.97 Å². The molecule has 0 bridgehead atoms. The van der Waals surface area contributed by atoms with E-state index in [2.05, 4.69) is 37.9 Å². The first-order valence-electron chi connectivity index (χ1n) is 10.2. The number of thiocarbonyl (C=S) groups is 1. The van der Waals surface area contributed by atoms with Crippen LogP contribution in [0.5, 0.6) is 0 Å². The Morgan fingerprint density at radius 3 is 2.24 bits per heavy atom. The highest BCUT2D eigenvalue weighted by Gasteiger charge is 2.26. The maximum atomic E-state index is 12.9. The minimum absolute atomic E-state index is 0.319. The van der Waals surface area contributed by atoms with Gasteiger partial charge in [-0.2, -0.15) is 0 Å². The second kappa shape index (κ2) is 10.7. The normalized spacial score (nSPS) is 11.0. The van der Waals surface area contributed by atoms with Crippen molar-refractivity contribution in [2.45, 2.75) is 41.5 Å². The number of ether oxygens (including phenoxy) is 1. The van der Waals surface area contributed by atoms with Gasteiger partial charge in [0.05, 0.1) is 6.61 Å². The topological polar surface area (TPSA) is 41.6 Å². The van der Waals surface area contributed by atoms with Crippen LogP contribution >= 0.6 is 23.6 Å². The first-order valence-corrected chi connectivity index (χ1v) is 11.4. The molecular weight excluding hydrogens is 400 g/mol. The fourth-order valence-electron chi connectivity index (χ4n) is 3.28. The summed E-state index contributed by atoms with van der Waals surface area (Å²) in [7, 11) is 0. The lowest BCUT2D eigenvalue weighted by atomic mass is 10.0. The van der Waals surface area contributed by atoms with E-state index in [4.69, 9.17) is 17.0 Å². The first-order chi connectivity index (χ1) is 13.7. The maximum absolute atomic E-state index is 12.9. The van der Waals surface area contributed by atoms with Gasteiger partial charge in [0.25, 0.3) is 0 Å². The van der Waals surface area contributed by atoms with Crippen LogP contribution in [0, 0.1) is 18.8 Å². The van der Waals surface area contributed by atoms with E-state index in [0.717, 1.165) is 34.1 Å². The third-order valence-corrected chi connectivity index (χ3v) is 5.69. The highest BCUT2D eigenvalue weighted by atomic mass is 32.1. The summed E-state index contributed by atoms with van der Waals surface area (Å²) in [5.41, 5.74) is 2.49. The van der Waals surface area contributed by atoms with Crippen molar-refractivity contribution < 1.29 is 9.53 Å². The van der Waals surface area contributed by atoms with E-state index in [9.17, 15) is 4.79 Å². The van der Waals surface area contributed by atoms with Crippen LogP contribution in [0.4, 0.5) is 5.00 Å². The van der Waals surface area contributed by atoms with Crippen molar-refractivity contribution in [2.24, 2.45) is 11.8 Å². The predicted molar refractivity (Wildman–Crippen MR) is 128 cm³/mol. The summed E-state index contributed by atoms with van der Waals surface area (Å²) in [5.74, 6) is 0.659. The van der Waals surface area contributed by atoms with Crippen molar-refractivity contribution in [2.75, 3.05) is 25.0 Å². The lowest BCUT2D eigenvalue weighted by Crippen LogP contribution is -2.39. The van der Waals surface area contributed by atoms with E-state index in [1.165, 1.54) is 0 Å². The van der Waals surface area contributed by atoms with Crippen LogP contribution in [0.25, 0.3) is 11.1 Å². The average Bonchev–Trinajstić information content (AvgIpc) is 2.97. The number of nitrogens with one attached hydrogen (secondary N) is 1. The number of thiophene rings is 1. The number of esters is 1. The molecule has 29 heavy (non-hydrogen) atoms. The Bertz CT molecular complexity index is 819. The molecule has 0 atom stereocenters. The number of aryl methyl sites for hydroxylation is 1. The predicted octanol–water partition coefficient (Wildman–Crippen LogP) is 6.21. The lowest BCUT2D eigenvalue weighted by molar-refractivity contribution is 0.0529. The Hall–Kier alpha value is -1.92. The Morgan fingerprint density at radius 1 is 1.14 bits per heavy atom. The van der Waals surface area contributed by atoms with Gasteiger partial charge in [-0.05, 0) is 43.5 Å². The van der Waals surface area contributed by atoms with Gasteiger partial charge in [0.15, 0.2) is 5.11 Å². The molecule has 1 aromatic carbocycles. The molecule has 0 saturated carbocycles. The van der Waals surface area contributed by atoms with Gasteiger partial charge in [-0.15, -0.1) is 11.3 Å². The number of carbonyl (C=O) groups excluding carboxylic acids is 1. The number of nitrogens with zero attached hydrogens (tertiary/aromatic N) is 1. The largest absolute Gasteiger partial charge is 0.462 e. The van der Waals surface area contributed by atoms with Crippen LogP contribution in [0.15, 0.2) is 30.3 Å². The van der Waals surface area contributed by atoms with Gasteiger partial charge in [-0.1, -0.05) is 58.0 Å². The summed E-state index contributed by atoms with van der Waals surface area (Å²) in [6.45, 7) is 14.7. The van der Waals surface area contributed by atoms with E-state index < -0.39 is 0 Å². The van der Waals surface area contributed by atoms with E-state index in [1.54, 1.807) is 11.3 Å². The molecule has 0 aliphatic heterocycles. The SMILES string of the molecule is CCOC(=O)c1c(NC(=S)N(CC(C)C)CC(C)C)sc(C)c1-c1ccccc1. The van der Waals surface area contributed by atoms with Crippen molar-refractivity contribution in [1.82, 2.24) is 4.90 Å². The van der Waals surface area contributed by atoms with Crippen molar-refractivity contribution in [3.05, 3.63) is 40.8 Å². The number of benzene rings is 1. The zero-order valence-corrected chi connectivity index (χ0v) is 19.9. The molecule has 0 amide bonds. The summed E-state index contributed by atoms with van der Waals surface area (Å²) in [4.78, 5) is 16.1. The second-order valence-electron chi connectivity index (χ2n) is 7.95. The molecule has 0 aliphatic carbocycles. The van der Waals surface area contributed by atoms with Gasteiger partial charge in [-0.25, -0.2) is 4.79 Å². The zero-order valence-electron chi connectivity index (χ0n) is 18.2. The molecule has 158 valence electrons. The van der Waals surface area contributed by atoms with Crippen molar-refractivity contribution in [3.8, 4) is 11.1 Å². The van der Waals surface area contributed by atoms with Gasteiger partial charge in [0.2, 0.25) is 0 Å². The van der Waals surface area contributed by atoms with Crippen LogP contribution in [-0.2, 0) is 4.74 Å². The molecule has 1 aromatic heterocycles. The second-order valence-corrected chi connectivity index (χ2v) is 9.56. The Labute approximate surface area is 184 Å². The maximum Gasteiger partial charge on any atom is 0.341 e. The molecule has 0 saturated heterocycles. The van der Waals surface area contributed by atoms with Gasteiger partial charge in [-0.3, -0.25) is 0 Å². The van der Waals surface area contributed by atoms with Gasteiger partial charge in [0, 0.05) is 23.5 Å². The molecule has 0 fully saturated rings. The minimum Gasteiger partial charge on any atom is -0.462 e. The smallest absolute Gasteiger partial charge is 0.341 e. The number of rotatable bonds is 8. The molecule has 0 spiro atoms. The van der Waals surface area contributed by atoms with Crippen molar-refractivity contribution in [3.63, 3.8) is 0 Å². The quantitative estimate of drug-likeness (QED) is 0.397. The summed E-state index contributed by atoms with van der Waals surface area (Å²) in [6, 6.07) is 9.96. The molecule has 2 rings (SSSR count). The molecule has 1 heterocycles. The van der Waals surface area contributed by atoms with Crippen molar-refractivity contribution >= 4 is 39.6 Å². The van der Waals surface area contributed by atoms with E-state index in [1.807, 2.05) is 44.2 Å². The van der Waals surface area contributed by atoms with E-state index in [0.29, 0.717) is 29.1 Å². The van der Waals surface area contributed by atoms with Crippen LogP contribution in [0.2, 0.25) is 0 Å². The van der Waals surface area contributed by atoms with Crippen LogP contribution in [-0.4, -0.2) is 35.7 Å². The number of hydrogen-bond donors (Lipinski definition) is 1. The molecule has 0 radical (unpaired) electrons. The van der Waals surface area contributed by atoms with Gasteiger partial charge in [0.1, 0.15) is 10.6 Å². The standard InChI is InChI=1S/C23H32N2O2S2/c1-7-27-22(26)20-19(18-11-9-8-10-12-18)17(6)29-21(20)24-23(28)25(13-15(2)3)14-16(4)5/h8-12,15-16H,7,13-14H2,1-6H3,(H,24,28). The Balaban J connectivity index is 2.43. The monoisotopic (exact) mass is 432 g/mol. The van der Waals surface area contributed by atoms with Crippen LogP contribution in [0.1, 0.15) is 49.9 Å². The summed E-state index contributed by atoms with van der Waals surface area (Å²) in [6.07, 6.45) is 0. The van der Waals surface area contributed by atoms with Crippen LogP contribution < -0.4 is 5.32 Å². The Kier molecular flexibility index (Phi) is 8.65. The number of anilines is 1. The van der Waals surface area contributed by atoms with Gasteiger partial charge < -0.3 is 15.0 Å². The third-order valence-electron chi connectivity index (χ3n) is 4.31. The first kappa shape index (κ1) is 23.4. The zero-order chi connectivity index (χ0) is 21.6. The highest BCUT2D eigenvalue weighted by Crippen LogP contribution is 2.40. The Morgan fingerprint density at radius 2 is 1.72 bits per heavy atom. The summed E-state index contributed by atoms with van der Waals surface area (Å²) in [5, 5.41) is 4.77. The van der Waals surface area contributed by atoms with E-state index >= 15 is 0 Å². The van der Waals surface area contributed by atoms with Gasteiger partial charge >= 0.3 is 5.97 Å². The summed E-state index contributed by atoms with van der Waals surface area (Å²) < 4.78 is 5.39. The minimum atomic E-state index is -0.319. The summed E-state index contributed by atoms with van der Waals surface area (Å²) >= 11 is 7.29. The third kappa shape index (κ3) is 6.28. The molecule has 6 heteroatoms. The molecule has 0 unspecified atom stereocenters.